The first kappa shape index (κ1) is 19.5. The van der Waals surface area contributed by atoms with Crippen LogP contribution in [0.4, 0.5) is 9.59 Å². The van der Waals surface area contributed by atoms with Crippen molar-refractivity contribution >= 4 is 12.2 Å². The molecule has 6 heteroatoms. The summed E-state index contributed by atoms with van der Waals surface area (Å²) in [6.07, 6.45) is 0.649. The van der Waals surface area contributed by atoms with Crippen LogP contribution < -0.4 is 10.6 Å². The van der Waals surface area contributed by atoms with Gasteiger partial charge in [0.25, 0.3) is 0 Å². The molecule has 0 aliphatic carbocycles. The van der Waals surface area contributed by atoms with Crippen LogP contribution >= 0.6 is 0 Å². The summed E-state index contributed by atoms with van der Waals surface area (Å²) in [6, 6.07) is -0.0136. The van der Waals surface area contributed by atoms with Gasteiger partial charge in [-0.2, -0.15) is 0 Å². The monoisotopic (exact) mass is 302 g/mol. The van der Waals surface area contributed by atoms with Gasteiger partial charge >= 0.3 is 12.2 Å². The molecule has 6 nitrogen and oxygen atoms in total. The second-order valence-corrected chi connectivity index (χ2v) is 7.12. The third-order valence-corrected chi connectivity index (χ3v) is 2.25. The van der Waals surface area contributed by atoms with E-state index in [0.717, 1.165) is 12.8 Å². The van der Waals surface area contributed by atoms with Crippen molar-refractivity contribution in [2.24, 2.45) is 0 Å². The van der Waals surface area contributed by atoms with E-state index < -0.39 is 23.4 Å². The topological polar surface area (TPSA) is 76.7 Å². The zero-order valence-corrected chi connectivity index (χ0v) is 14.3. The largest absolute Gasteiger partial charge is 0.444 e. The van der Waals surface area contributed by atoms with Crippen LogP contribution in [0.5, 0.6) is 0 Å². The molecule has 0 spiro atoms. The van der Waals surface area contributed by atoms with Gasteiger partial charge in [0.1, 0.15) is 11.2 Å². The molecule has 1 atom stereocenters. The Labute approximate surface area is 127 Å². The van der Waals surface area contributed by atoms with E-state index in [1.54, 1.807) is 0 Å². The average molecular weight is 302 g/mol. The molecule has 0 saturated carbocycles. The molecule has 21 heavy (non-hydrogen) atoms. The van der Waals surface area contributed by atoms with Crippen molar-refractivity contribution in [3.63, 3.8) is 0 Å². The van der Waals surface area contributed by atoms with Gasteiger partial charge in [-0.25, -0.2) is 9.59 Å². The zero-order chi connectivity index (χ0) is 16.7. The van der Waals surface area contributed by atoms with Crippen LogP contribution in [0, 0.1) is 0 Å². The highest BCUT2D eigenvalue weighted by molar-refractivity contribution is 5.68. The van der Waals surface area contributed by atoms with Crippen molar-refractivity contribution in [2.45, 2.75) is 78.6 Å². The Morgan fingerprint density at radius 2 is 1.43 bits per heavy atom. The van der Waals surface area contributed by atoms with Crippen molar-refractivity contribution in [2.75, 3.05) is 6.54 Å². The summed E-state index contributed by atoms with van der Waals surface area (Å²) in [5.74, 6) is 0. The van der Waals surface area contributed by atoms with E-state index >= 15 is 0 Å². The molecule has 0 aliphatic rings. The van der Waals surface area contributed by atoms with E-state index in [1.807, 2.05) is 48.5 Å². The molecule has 0 radical (unpaired) electrons. The molecule has 0 unspecified atom stereocenters. The molecule has 0 aromatic carbocycles. The van der Waals surface area contributed by atoms with Gasteiger partial charge in [-0.3, -0.25) is 0 Å². The highest BCUT2D eigenvalue weighted by atomic mass is 16.6. The normalized spacial score (nSPS) is 13.3. The molecule has 124 valence electrons. The standard InChI is InChI=1S/C15H30N2O4/c1-11(17-13(19)21-15(5,6)7)9-8-10-16-12(18)20-14(2,3)4/h11H,8-10H2,1-7H3,(H,16,18)(H,17,19)/t11-/m0/s1. The summed E-state index contributed by atoms with van der Waals surface area (Å²) in [6.45, 7) is 13.3. The number of alkyl carbamates (subject to hydrolysis) is 2. The predicted molar refractivity (Wildman–Crippen MR) is 82.3 cm³/mol. The summed E-state index contributed by atoms with van der Waals surface area (Å²) in [5, 5.41) is 5.44. The smallest absolute Gasteiger partial charge is 0.407 e. The maximum Gasteiger partial charge on any atom is 0.407 e. The zero-order valence-electron chi connectivity index (χ0n) is 14.3. The fraction of sp³-hybridized carbons (Fsp3) is 0.867. The van der Waals surface area contributed by atoms with Crippen LogP contribution in [-0.2, 0) is 9.47 Å². The van der Waals surface area contributed by atoms with Crippen molar-refractivity contribution in [1.82, 2.24) is 10.6 Å². The fourth-order valence-electron chi connectivity index (χ4n) is 1.49. The van der Waals surface area contributed by atoms with E-state index in [0.29, 0.717) is 6.54 Å². The van der Waals surface area contributed by atoms with Gasteiger partial charge in [-0.1, -0.05) is 0 Å². The van der Waals surface area contributed by atoms with Crippen LogP contribution in [0.3, 0.4) is 0 Å². The molecule has 0 heterocycles. The van der Waals surface area contributed by atoms with Gasteiger partial charge in [0.05, 0.1) is 0 Å². The number of rotatable bonds is 5. The fourth-order valence-corrected chi connectivity index (χ4v) is 1.49. The number of ether oxygens (including phenoxy) is 2. The maximum absolute atomic E-state index is 11.5. The second kappa shape index (κ2) is 8.10. The number of amides is 2. The lowest BCUT2D eigenvalue weighted by Gasteiger charge is -2.22. The molecule has 2 N–H and O–H groups in total. The predicted octanol–water partition coefficient (Wildman–Crippen LogP) is 3.20. The van der Waals surface area contributed by atoms with E-state index in [-0.39, 0.29) is 6.04 Å². The summed E-state index contributed by atoms with van der Waals surface area (Å²) in [7, 11) is 0. The van der Waals surface area contributed by atoms with Gasteiger partial charge in [0, 0.05) is 12.6 Å². The lowest BCUT2D eigenvalue weighted by molar-refractivity contribution is 0.0492. The van der Waals surface area contributed by atoms with E-state index in [9.17, 15) is 9.59 Å². The van der Waals surface area contributed by atoms with E-state index in [4.69, 9.17) is 9.47 Å². The molecule has 0 fully saturated rings. The Kier molecular flexibility index (Phi) is 7.53. The highest BCUT2D eigenvalue weighted by Crippen LogP contribution is 2.08. The van der Waals surface area contributed by atoms with Crippen molar-refractivity contribution in [3.8, 4) is 0 Å². The first-order valence-electron chi connectivity index (χ1n) is 7.35. The van der Waals surface area contributed by atoms with E-state index in [2.05, 4.69) is 10.6 Å². The highest BCUT2D eigenvalue weighted by Gasteiger charge is 2.18. The summed E-state index contributed by atoms with van der Waals surface area (Å²) < 4.78 is 10.3. The van der Waals surface area contributed by atoms with E-state index in [1.165, 1.54) is 0 Å². The average Bonchev–Trinajstić information content (AvgIpc) is 2.18. The molecule has 0 saturated heterocycles. The molecule has 0 aliphatic heterocycles. The van der Waals surface area contributed by atoms with Gasteiger partial charge in [0.2, 0.25) is 0 Å². The Morgan fingerprint density at radius 1 is 0.952 bits per heavy atom. The minimum Gasteiger partial charge on any atom is -0.444 e. The van der Waals surface area contributed by atoms with Crippen molar-refractivity contribution in [1.29, 1.82) is 0 Å². The Balaban J connectivity index is 3.78. The lowest BCUT2D eigenvalue weighted by atomic mass is 10.2. The first-order valence-corrected chi connectivity index (χ1v) is 7.35. The van der Waals surface area contributed by atoms with Crippen LogP contribution in [0.1, 0.15) is 61.3 Å². The number of carbonyl (C=O) groups is 2. The quantitative estimate of drug-likeness (QED) is 0.765. The summed E-state index contributed by atoms with van der Waals surface area (Å²) in [5.41, 5.74) is -0.988. The molecule has 0 aromatic heterocycles. The van der Waals surface area contributed by atoms with Gasteiger partial charge in [-0.05, 0) is 61.3 Å². The molecule has 2 amide bonds. The minimum atomic E-state index is -0.498. The van der Waals surface area contributed by atoms with Crippen molar-refractivity contribution in [3.05, 3.63) is 0 Å². The number of hydrogen-bond acceptors (Lipinski definition) is 4. The van der Waals surface area contributed by atoms with Gasteiger partial charge in [-0.15, -0.1) is 0 Å². The summed E-state index contributed by atoms with van der Waals surface area (Å²) >= 11 is 0. The lowest BCUT2D eigenvalue weighted by Crippen LogP contribution is -2.38. The summed E-state index contributed by atoms with van der Waals surface area (Å²) in [4.78, 5) is 23.0. The van der Waals surface area contributed by atoms with Crippen LogP contribution in [0.2, 0.25) is 0 Å². The van der Waals surface area contributed by atoms with Gasteiger partial charge < -0.3 is 20.1 Å². The van der Waals surface area contributed by atoms with Gasteiger partial charge in [0.15, 0.2) is 0 Å². The molecule has 0 bridgehead atoms. The molecular weight excluding hydrogens is 272 g/mol. The maximum atomic E-state index is 11.5. The second-order valence-electron chi connectivity index (χ2n) is 7.12. The van der Waals surface area contributed by atoms with Crippen LogP contribution in [0.25, 0.3) is 0 Å². The Bertz CT molecular complexity index is 343. The Hall–Kier alpha value is -1.46. The minimum absolute atomic E-state index is 0.0136. The van der Waals surface area contributed by atoms with Crippen LogP contribution in [-0.4, -0.2) is 36.0 Å². The van der Waals surface area contributed by atoms with Crippen LogP contribution in [0.15, 0.2) is 0 Å². The first-order chi connectivity index (χ1) is 9.39. The number of carbonyl (C=O) groups excluding carboxylic acids is 2. The SMILES string of the molecule is C[C@@H](CCCNC(=O)OC(C)(C)C)NC(=O)OC(C)(C)C. The van der Waals surface area contributed by atoms with Crippen molar-refractivity contribution < 1.29 is 19.1 Å². The Morgan fingerprint density at radius 3 is 1.90 bits per heavy atom. The molecule has 0 aromatic rings. The third-order valence-electron chi connectivity index (χ3n) is 2.25. The molecular formula is C15H30N2O4. The third kappa shape index (κ3) is 13.3. The molecule has 0 rings (SSSR count). The number of nitrogens with one attached hydrogen (secondary N) is 2. The number of hydrogen-bond donors (Lipinski definition) is 2.